The molecule has 1 aromatic heterocycles. The molecule has 0 spiro atoms. The summed E-state index contributed by atoms with van der Waals surface area (Å²) >= 11 is 1.22. The van der Waals surface area contributed by atoms with Gasteiger partial charge in [-0.25, -0.2) is 0 Å². The first kappa shape index (κ1) is 9.94. The zero-order valence-corrected chi connectivity index (χ0v) is 8.00. The molecule has 1 aromatic rings. The van der Waals surface area contributed by atoms with Gasteiger partial charge in [-0.05, 0) is 11.5 Å². The fraction of sp³-hybridized carbons (Fsp3) is 0.429. The number of nitrogens with zero attached hydrogens (tertiary/aromatic N) is 1. The van der Waals surface area contributed by atoms with Crippen molar-refractivity contribution in [3.8, 4) is 5.88 Å². The molecule has 1 heterocycles. The van der Waals surface area contributed by atoms with Gasteiger partial charge in [-0.3, -0.25) is 4.79 Å². The van der Waals surface area contributed by atoms with Crippen molar-refractivity contribution in [3.05, 3.63) is 10.9 Å². The quantitative estimate of drug-likeness (QED) is 0.718. The lowest BCUT2D eigenvalue weighted by Crippen LogP contribution is -2.19. The van der Waals surface area contributed by atoms with Crippen molar-refractivity contribution in [1.29, 1.82) is 0 Å². The second-order valence-electron chi connectivity index (χ2n) is 2.55. The van der Waals surface area contributed by atoms with E-state index < -0.39 is 5.91 Å². The predicted octanol–water partition coefficient (Wildman–Crippen LogP) is 0.0269. The van der Waals surface area contributed by atoms with E-state index in [4.69, 9.17) is 16.2 Å². The van der Waals surface area contributed by atoms with Crippen molar-refractivity contribution in [1.82, 2.24) is 4.37 Å². The molecular formula is C7H11N3O2S. The Balaban J connectivity index is 2.65. The lowest BCUT2D eigenvalue weighted by molar-refractivity contribution is -0.118. The third-order valence-corrected chi connectivity index (χ3v) is 2.41. The van der Waals surface area contributed by atoms with Crippen LogP contribution in [0.5, 0.6) is 5.88 Å². The molecule has 5 nitrogen and oxygen atoms in total. The smallest absolute Gasteiger partial charge is 0.225 e. The molecule has 0 saturated heterocycles. The summed E-state index contributed by atoms with van der Waals surface area (Å²) in [5.74, 6) is 0.0970. The van der Waals surface area contributed by atoms with E-state index in [1.807, 2.05) is 0 Å². The third kappa shape index (κ3) is 2.67. The Morgan fingerprint density at radius 2 is 2.54 bits per heavy atom. The fourth-order valence-corrected chi connectivity index (χ4v) is 1.56. The predicted molar refractivity (Wildman–Crippen MR) is 49.4 cm³/mol. The molecule has 0 aliphatic carbocycles. The number of methoxy groups -OCH3 is 1. The molecule has 1 unspecified atom stereocenters. The maximum atomic E-state index is 10.6. The zero-order valence-electron chi connectivity index (χ0n) is 7.19. The first-order valence-electron chi connectivity index (χ1n) is 3.68. The highest BCUT2D eigenvalue weighted by molar-refractivity contribution is 7.06. The number of hydrogen-bond acceptors (Lipinski definition) is 5. The average molecular weight is 201 g/mol. The normalized spacial score (nSPS) is 12.5. The number of carbonyl (C=O) groups is 1. The number of carbonyl (C=O) groups excluding carboxylic acids is 1. The van der Waals surface area contributed by atoms with Crippen LogP contribution in [-0.4, -0.2) is 17.4 Å². The van der Waals surface area contributed by atoms with Crippen LogP contribution >= 0.6 is 11.5 Å². The SMILES string of the molecule is COc1cc(C(N)CC(N)=O)sn1. The maximum Gasteiger partial charge on any atom is 0.225 e. The highest BCUT2D eigenvalue weighted by Gasteiger charge is 2.12. The van der Waals surface area contributed by atoms with E-state index in [1.54, 1.807) is 6.07 Å². The van der Waals surface area contributed by atoms with Gasteiger partial charge in [-0.2, -0.15) is 4.37 Å². The van der Waals surface area contributed by atoms with Crippen molar-refractivity contribution in [3.63, 3.8) is 0 Å². The molecule has 72 valence electrons. The minimum Gasteiger partial charge on any atom is -0.480 e. The molecule has 0 fully saturated rings. The van der Waals surface area contributed by atoms with E-state index in [9.17, 15) is 4.79 Å². The summed E-state index contributed by atoms with van der Waals surface area (Å²) < 4.78 is 8.83. The summed E-state index contributed by atoms with van der Waals surface area (Å²) in [5.41, 5.74) is 10.7. The standard InChI is InChI=1S/C7H11N3O2S/c1-12-7-3-5(13-10-7)4(8)2-6(9)11/h3-4H,2,8H2,1H3,(H2,9,11). The van der Waals surface area contributed by atoms with Gasteiger partial charge in [0.15, 0.2) is 0 Å². The first-order chi connectivity index (χ1) is 6.13. The lowest BCUT2D eigenvalue weighted by atomic mass is 10.2. The molecule has 0 radical (unpaired) electrons. The number of rotatable bonds is 4. The van der Waals surface area contributed by atoms with Crippen molar-refractivity contribution in [2.24, 2.45) is 11.5 Å². The van der Waals surface area contributed by atoms with Gasteiger partial charge in [0.25, 0.3) is 0 Å². The molecule has 4 N–H and O–H groups in total. The average Bonchev–Trinajstić information content (AvgIpc) is 2.50. The summed E-state index contributed by atoms with van der Waals surface area (Å²) in [6.45, 7) is 0. The Bertz CT molecular complexity index is 300. The first-order valence-corrected chi connectivity index (χ1v) is 4.45. The molecular weight excluding hydrogens is 190 g/mol. The number of hydrogen-bond donors (Lipinski definition) is 2. The van der Waals surface area contributed by atoms with Gasteiger partial charge in [0.1, 0.15) is 0 Å². The van der Waals surface area contributed by atoms with Crippen LogP contribution < -0.4 is 16.2 Å². The van der Waals surface area contributed by atoms with Crippen molar-refractivity contribution in [2.45, 2.75) is 12.5 Å². The Morgan fingerprint density at radius 1 is 1.85 bits per heavy atom. The van der Waals surface area contributed by atoms with Crippen LogP contribution in [0, 0.1) is 0 Å². The highest BCUT2D eigenvalue weighted by atomic mass is 32.1. The van der Waals surface area contributed by atoms with Crippen LogP contribution in [0.3, 0.4) is 0 Å². The van der Waals surface area contributed by atoms with Crippen molar-refractivity contribution >= 4 is 17.4 Å². The third-order valence-electron chi connectivity index (χ3n) is 1.50. The van der Waals surface area contributed by atoms with E-state index in [2.05, 4.69) is 4.37 Å². The minimum absolute atomic E-state index is 0.130. The molecule has 0 aliphatic heterocycles. The number of nitrogens with two attached hydrogens (primary N) is 2. The molecule has 6 heteroatoms. The Labute approximate surface area is 79.8 Å². The maximum absolute atomic E-state index is 10.6. The second-order valence-corrected chi connectivity index (χ2v) is 3.39. The van der Waals surface area contributed by atoms with Crippen molar-refractivity contribution in [2.75, 3.05) is 7.11 Å². The van der Waals surface area contributed by atoms with Gasteiger partial charge in [0, 0.05) is 23.4 Å². The Morgan fingerprint density at radius 3 is 3.00 bits per heavy atom. The van der Waals surface area contributed by atoms with Gasteiger partial charge >= 0.3 is 0 Å². The van der Waals surface area contributed by atoms with Crippen LogP contribution in [0.2, 0.25) is 0 Å². The molecule has 0 aromatic carbocycles. The van der Waals surface area contributed by atoms with Gasteiger partial charge in [-0.1, -0.05) is 0 Å². The molecule has 1 rings (SSSR count). The molecule has 0 bridgehead atoms. The van der Waals surface area contributed by atoms with Gasteiger partial charge < -0.3 is 16.2 Å². The number of amides is 1. The topological polar surface area (TPSA) is 91.2 Å². The van der Waals surface area contributed by atoms with E-state index in [-0.39, 0.29) is 12.5 Å². The fourth-order valence-electron chi connectivity index (χ4n) is 0.860. The van der Waals surface area contributed by atoms with Crippen LogP contribution in [-0.2, 0) is 4.79 Å². The number of ether oxygens (including phenoxy) is 1. The number of aromatic nitrogens is 1. The molecule has 1 amide bonds. The summed E-state index contributed by atoms with van der Waals surface area (Å²) in [6, 6.07) is 1.33. The minimum atomic E-state index is -0.417. The molecule has 0 saturated carbocycles. The van der Waals surface area contributed by atoms with Gasteiger partial charge in [-0.15, -0.1) is 0 Å². The number of primary amides is 1. The summed E-state index contributed by atoms with van der Waals surface area (Å²) in [4.78, 5) is 11.4. The second kappa shape index (κ2) is 4.20. The van der Waals surface area contributed by atoms with Crippen LogP contribution in [0.15, 0.2) is 6.07 Å². The van der Waals surface area contributed by atoms with E-state index in [0.717, 1.165) is 4.88 Å². The van der Waals surface area contributed by atoms with E-state index in [1.165, 1.54) is 18.6 Å². The van der Waals surface area contributed by atoms with Crippen LogP contribution in [0.4, 0.5) is 0 Å². The Kier molecular flexibility index (Phi) is 3.21. The van der Waals surface area contributed by atoms with Gasteiger partial charge in [0.2, 0.25) is 11.8 Å². The van der Waals surface area contributed by atoms with Crippen LogP contribution in [0.1, 0.15) is 17.3 Å². The van der Waals surface area contributed by atoms with E-state index in [0.29, 0.717) is 5.88 Å². The largest absolute Gasteiger partial charge is 0.480 e. The Hall–Kier alpha value is -1.14. The van der Waals surface area contributed by atoms with Crippen molar-refractivity contribution < 1.29 is 9.53 Å². The van der Waals surface area contributed by atoms with Crippen LogP contribution in [0.25, 0.3) is 0 Å². The summed E-state index contributed by atoms with van der Waals surface area (Å²) in [7, 11) is 1.53. The summed E-state index contributed by atoms with van der Waals surface area (Å²) in [6.07, 6.45) is 0.130. The summed E-state index contributed by atoms with van der Waals surface area (Å²) in [5, 5.41) is 0. The molecule has 1 atom stereocenters. The zero-order chi connectivity index (χ0) is 9.84. The highest BCUT2D eigenvalue weighted by Crippen LogP contribution is 2.23. The van der Waals surface area contributed by atoms with Gasteiger partial charge in [0.05, 0.1) is 7.11 Å². The molecule has 13 heavy (non-hydrogen) atoms. The molecule has 0 aliphatic rings. The lowest BCUT2D eigenvalue weighted by Gasteiger charge is -2.03. The monoisotopic (exact) mass is 201 g/mol. The van der Waals surface area contributed by atoms with E-state index >= 15 is 0 Å².